The lowest BCUT2D eigenvalue weighted by Crippen LogP contribution is -2.25. The molecule has 0 spiro atoms. The molecule has 31 heavy (non-hydrogen) atoms. The van der Waals surface area contributed by atoms with E-state index in [1.54, 1.807) is 24.3 Å². The van der Waals surface area contributed by atoms with Gasteiger partial charge >= 0.3 is 0 Å². The smallest absolute Gasteiger partial charge is 0.276 e. The Morgan fingerprint density at radius 2 is 1.48 bits per heavy atom. The van der Waals surface area contributed by atoms with E-state index in [1.807, 2.05) is 55.5 Å². The van der Waals surface area contributed by atoms with Crippen molar-refractivity contribution >= 4 is 15.7 Å². The summed E-state index contributed by atoms with van der Waals surface area (Å²) in [5.41, 5.74) is 3.83. The highest BCUT2D eigenvalue weighted by Crippen LogP contribution is 2.46. The van der Waals surface area contributed by atoms with Crippen molar-refractivity contribution < 1.29 is 8.42 Å². The third-order valence-corrected chi connectivity index (χ3v) is 6.78. The fourth-order valence-corrected chi connectivity index (χ4v) is 4.79. The van der Waals surface area contributed by atoms with E-state index in [-0.39, 0.29) is 23.0 Å². The molecule has 0 aromatic heterocycles. The molecule has 1 fully saturated rings. The van der Waals surface area contributed by atoms with Gasteiger partial charge in [0, 0.05) is 6.04 Å². The zero-order chi connectivity index (χ0) is 22.0. The van der Waals surface area contributed by atoms with Crippen molar-refractivity contribution in [1.82, 2.24) is 9.73 Å². The lowest BCUT2D eigenvalue weighted by Gasteiger charge is -2.11. The Morgan fingerprint density at radius 1 is 0.903 bits per heavy atom. The molecule has 1 unspecified atom stereocenters. The van der Waals surface area contributed by atoms with Crippen LogP contribution in [0.3, 0.4) is 0 Å². The molecule has 1 N–H and O–H groups in total. The molecule has 3 aromatic rings. The number of nitrogens with zero attached hydrogens (tertiary/aromatic N) is 2. The second-order valence-corrected chi connectivity index (χ2v) is 9.77. The van der Waals surface area contributed by atoms with Crippen LogP contribution in [0.2, 0.25) is 0 Å². The highest BCUT2D eigenvalue weighted by atomic mass is 32.2. The van der Waals surface area contributed by atoms with Gasteiger partial charge in [-0.25, -0.2) is 0 Å². The molecule has 3 aromatic carbocycles. The summed E-state index contributed by atoms with van der Waals surface area (Å²) in [4.78, 5) is 5.03. The van der Waals surface area contributed by atoms with Gasteiger partial charge in [-0.2, -0.15) is 18.4 Å². The predicted molar refractivity (Wildman–Crippen MR) is 124 cm³/mol. The molecule has 1 aliphatic heterocycles. The molecule has 1 aliphatic rings. The van der Waals surface area contributed by atoms with Gasteiger partial charge in [0.15, 0.2) is 0 Å². The maximum absolute atomic E-state index is 12.9. The van der Waals surface area contributed by atoms with Gasteiger partial charge in [0.05, 0.1) is 22.7 Å². The largest absolute Gasteiger partial charge is 0.282 e. The zero-order valence-corrected chi connectivity index (χ0v) is 18.8. The number of benzene rings is 3. The van der Waals surface area contributed by atoms with Crippen molar-refractivity contribution in [2.45, 2.75) is 43.8 Å². The third-order valence-electron chi connectivity index (χ3n) is 5.56. The standard InChI is InChI=1S/C25H27N3O2S/c1-18(2)28-24(21-12-8-5-9-13-21)25(28)23(20-10-6-4-7-11-20)26-27-31(29,30)22-16-14-19(3)15-17-22/h4-18,24-25,27H,1-3H3/b26-23+/t24-,25+,28?/m0/s1. The number of sulfonamides is 1. The lowest BCUT2D eigenvalue weighted by atomic mass is 10.0. The Kier molecular flexibility index (Phi) is 5.94. The molecule has 0 radical (unpaired) electrons. The Balaban J connectivity index is 1.71. The average Bonchev–Trinajstić information content (AvgIpc) is 3.51. The molecule has 1 saturated heterocycles. The molecule has 4 rings (SSSR count). The van der Waals surface area contributed by atoms with E-state index in [2.05, 4.69) is 40.8 Å². The summed E-state index contributed by atoms with van der Waals surface area (Å²) in [7, 11) is -3.76. The number of hydrogen-bond donors (Lipinski definition) is 1. The first-order valence-corrected chi connectivity index (χ1v) is 11.9. The summed E-state index contributed by atoms with van der Waals surface area (Å²) in [5.74, 6) is 0. The van der Waals surface area contributed by atoms with Crippen molar-refractivity contribution in [3.63, 3.8) is 0 Å². The van der Waals surface area contributed by atoms with E-state index in [9.17, 15) is 8.42 Å². The predicted octanol–water partition coefficient (Wildman–Crippen LogP) is 4.51. The summed E-state index contributed by atoms with van der Waals surface area (Å²) in [6, 6.07) is 27.2. The Labute approximate surface area is 184 Å². The number of rotatable bonds is 7. The number of nitrogens with one attached hydrogen (secondary N) is 1. The average molecular weight is 434 g/mol. The van der Waals surface area contributed by atoms with Gasteiger partial charge < -0.3 is 0 Å². The third kappa shape index (κ3) is 4.55. The van der Waals surface area contributed by atoms with Crippen molar-refractivity contribution in [2.24, 2.45) is 5.10 Å². The number of aryl methyl sites for hydroxylation is 1. The highest BCUT2D eigenvalue weighted by Gasteiger charge is 2.53. The van der Waals surface area contributed by atoms with E-state index >= 15 is 0 Å². The quantitative estimate of drug-likeness (QED) is 0.339. The van der Waals surface area contributed by atoms with Crippen LogP contribution in [0.5, 0.6) is 0 Å². The summed E-state index contributed by atoms with van der Waals surface area (Å²) >= 11 is 0. The summed E-state index contributed by atoms with van der Waals surface area (Å²) in [6.07, 6.45) is 0. The first-order valence-electron chi connectivity index (χ1n) is 10.4. The molecule has 0 saturated carbocycles. The topological polar surface area (TPSA) is 61.5 Å². The Hall–Kier alpha value is -2.96. The molecule has 160 valence electrons. The fourth-order valence-electron chi connectivity index (χ4n) is 3.98. The van der Waals surface area contributed by atoms with Crippen LogP contribution in [0.4, 0.5) is 0 Å². The van der Waals surface area contributed by atoms with E-state index < -0.39 is 10.0 Å². The van der Waals surface area contributed by atoms with Gasteiger partial charge in [-0.05, 0) is 44.0 Å². The minimum absolute atomic E-state index is 0.00878. The molecule has 0 aliphatic carbocycles. The Morgan fingerprint density at radius 3 is 2.06 bits per heavy atom. The monoisotopic (exact) mass is 433 g/mol. The first-order chi connectivity index (χ1) is 14.9. The SMILES string of the molecule is Cc1ccc(S(=O)(=O)N/N=C(\c2ccccc2)[C@@H]2[C@H](c3ccccc3)N2C(C)C)cc1. The van der Waals surface area contributed by atoms with Gasteiger partial charge in [-0.3, -0.25) is 4.90 Å². The van der Waals surface area contributed by atoms with Crippen LogP contribution in [0.15, 0.2) is 94.9 Å². The van der Waals surface area contributed by atoms with Crippen LogP contribution < -0.4 is 4.83 Å². The first kappa shape index (κ1) is 21.3. The highest BCUT2D eigenvalue weighted by molar-refractivity contribution is 7.89. The number of hydrazone groups is 1. The van der Waals surface area contributed by atoms with E-state index in [4.69, 9.17) is 0 Å². The second-order valence-electron chi connectivity index (χ2n) is 8.11. The minimum Gasteiger partial charge on any atom is -0.282 e. The number of hydrogen-bond acceptors (Lipinski definition) is 4. The van der Waals surface area contributed by atoms with Crippen molar-refractivity contribution in [3.8, 4) is 0 Å². The lowest BCUT2D eigenvalue weighted by molar-refractivity contribution is 0.415. The van der Waals surface area contributed by atoms with Crippen molar-refractivity contribution in [2.75, 3.05) is 0 Å². The van der Waals surface area contributed by atoms with Gasteiger partial charge in [0.1, 0.15) is 0 Å². The van der Waals surface area contributed by atoms with Crippen LogP contribution >= 0.6 is 0 Å². The van der Waals surface area contributed by atoms with Crippen LogP contribution in [0.25, 0.3) is 0 Å². The molecule has 5 nitrogen and oxygen atoms in total. The minimum atomic E-state index is -3.76. The van der Waals surface area contributed by atoms with Gasteiger partial charge in [0.25, 0.3) is 10.0 Å². The summed E-state index contributed by atoms with van der Waals surface area (Å²) in [5, 5.41) is 4.47. The van der Waals surface area contributed by atoms with E-state index in [0.29, 0.717) is 0 Å². The normalized spacial score (nSPS) is 21.2. The summed E-state index contributed by atoms with van der Waals surface area (Å²) < 4.78 is 25.7. The molecule has 1 heterocycles. The summed E-state index contributed by atoms with van der Waals surface area (Å²) in [6.45, 7) is 6.22. The van der Waals surface area contributed by atoms with Crippen LogP contribution in [-0.4, -0.2) is 31.1 Å². The fraction of sp³-hybridized carbons (Fsp3) is 0.240. The van der Waals surface area contributed by atoms with E-state index in [0.717, 1.165) is 16.8 Å². The van der Waals surface area contributed by atoms with E-state index in [1.165, 1.54) is 5.56 Å². The van der Waals surface area contributed by atoms with Gasteiger partial charge in [0.2, 0.25) is 0 Å². The molecule has 6 heteroatoms. The molecular weight excluding hydrogens is 406 g/mol. The van der Waals surface area contributed by atoms with Crippen LogP contribution in [-0.2, 0) is 10.0 Å². The van der Waals surface area contributed by atoms with Crippen LogP contribution in [0.1, 0.15) is 36.6 Å². The maximum Gasteiger partial charge on any atom is 0.276 e. The van der Waals surface area contributed by atoms with Crippen molar-refractivity contribution in [3.05, 3.63) is 102 Å². The molecule has 0 bridgehead atoms. The van der Waals surface area contributed by atoms with Crippen molar-refractivity contribution in [1.29, 1.82) is 0 Å². The Bertz CT molecular complexity index is 1160. The van der Waals surface area contributed by atoms with Crippen LogP contribution in [0, 0.1) is 6.92 Å². The maximum atomic E-state index is 12.9. The van der Waals surface area contributed by atoms with Gasteiger partial charge in [-0.1, -0.05) is 78.4 Å². The molecular formula is C25H27N3O2S. The van der Waals surface area contributed by atoms with Gasteiger partial charge in [-0.15, -0.1) is 0 Å². The zero-order valence-electron chi connectivity index (χ0n) is 17.9. The molecule has 0 amide bonds. The second kappa shape index (κ2) is 8.65. The molecule has 3 atom stereocenters.